The first-order valence-corrected chi connectivity index (χ1v) is 7.84. The van der Waals surface area contributed by atoms with Crippen LogP contribution in [0.1, 0.15) is 64.4 Å². The van der Waals surface area contributed by atoms with Crippen LogP contribution in [0.25, 0.3) is 0 Å². The molecule has 1 aromatic carbocycles. The van der Waals surface area contributed by atoms with E-state index in [0.29, 0.717) is 0 Å². The Balaban J connectivity index is 2.30. The van der Waals surface area contributed by atoms with E-state index >= 15 is 0 Å². The number of aliphatic hydroxyl groups excluding tert-OH is 1. The molecule has 1 rings (SSSR count). The molecule has 20 heavy (non-hydrogen) atoms. The molecule has 0 heterocycles. The number of unbranched alkanes of at least 4 members (excludes halogenated alkanes) is 6. The zero-order chi connectivity index (χ0) is 14.6. The highest BCUT2D eigenvalue weighted by atomic mass is 16.5. The monoisotopic (exact) mass is 276 g/mol. The first-order valence-electron chi connectivity index (χ1n) is 7.84. The van der Waals surface area contributed by atoms with Gasteiger partial charge in [-0.15, -0.1) is 0 Å². The lowest BCUT2D eigenvalue weighted by Crippen LogP contribution is -1.93. The van der Waals surface area contributed by atoms with Crippen LogP contribution >= 0.6 is 0 Å². The van der Waals surface area contributed by atoms with Gasteiger partial charge in [0.2, 0.25) is 0 Å². The third kappa shape index (κ3) is 7.22. The molecule has 0 fully saturated rings. The summed E-state index contributed by atoms with van der Waals surface area (Å²) in [6, 6.07) is 8.06. The summed E-state index contributed by atoms with van der Waals surface area (Å²) in [4.78, 5) is 0. The fourth-order valence-electron chi connectivity index (χ4n) is 2.25. The van der Waals surface area contributed by atoms with Crippen molar-refractivity contribution in [2.45, 2.75) is 65.2 Å². The van der Waals surface area contributed by atoms with Crippen LogP contribution in [0.3, 0.4) is 0 Å². The van der Waals surface area contributed by atoms with E-state index in [4.69, 9.17) is 9.84 Å². The Labute approximate surface area is 123 Å². The van der Waals surface area contributed by atoms with Gasteiger partial charge in [-0.2, -0.15) is 0 Å². The molecule has 0 saturated heterocycles. The fourth-order valence-corrected chi connectivity index (χ4v) is 2.25. The molecule has 0 spiro atoms. The van der Waals surface area contributed by atoms with Crippen LogP contribution in [0.15, 0.2) is 36.3 Å². The highest BCUT2D eigenvalue weighted by molar-refractivity contribution is 5.34. The Kier molecular flexibility index (Phi) is 8.61. The standard InChI is InChI=1S/C18H28O2/c1-3-4-5-6-7-8-9-12-17-13-10-11-14-18(17)20-15-16(2)19/h10-11,13-15,19H,3-9,12H2,1-2H3. The average molecular weight is 276 g/mol. The number of para-hydroxylation sites is 1. The lowest BCUT2D eigenvalue weighted by atomic mass is 10.0. The lowest BCUT2D eigenvalue weighted by Gasteiger charge is -2.08. The summed E-state index contributed by atoms with van der Waals surface area (Å²) < 4.78 is 5.50. The molecule has 0 amide bonds. The molecular weight excluding hydrogens is 248 g/mol. The summed E-state index contributed by atoms with van der Waals surface area (Å²) in [6.45, 7) is 3.86. The molecule has 0 unspecified atom stereocenters. The van der Waals surface area contributed by atoms with Gasteiger partial charge in [-0.05, 0) is 31.4 Å². The Bertz CT molecular complexity index is 392. The highest BCUT2D eigenvalue weighted by Crippen LogP contribution is 2.21. The number of hydrogen-bond acceptors (Lipinski definition) is 2. The van der Waals surface area contributed by atoms with Crippen molar-refractivity contribution in [2.24, 2.45) is 0 Å². The molecule has 112 valence electrons. The van der Waals surface area contributed by atoms with E-state index in [1.807, 2.05) is 18.2 Å². The van der Waals surface area contributed by atoms with E-state index < -0.39 is 0 Å². The van der Waals surface area contributed by atoms with Crippen molar-refractivity contribution >= 4 is 0 Å². The smallest absolute Gasteiger partial charge is 0.129 e. The van der Waals surface area contributed by atoms with Crippen molar-refractivity contribution < 1.29 is 9.84 Å². The van der Waals surface area contributed by atoms with Crippen LogP contribution in [0.5, 0.6) is 5.75 Å². The third-order valence-corrected chi connectivity index (χ3v) is 3.38. The van der Waals surface area contributed by atoms with Crippen molar-refractivity contribution in [3.63, 3.8) is 0 Å². The molecule has 2 nitrogen and oxygen atoms in total. The van der Waals surface area contributed by atoms with Gasteiger partial charge in [0, 0.05) is 0 Å². The second-order valence-electron chi connectivity index (χ2n) is 5.36. The maximum absolute atomic E-state index is 9.16. The summed E-state index contributed by atoms with van der Waals surface area (Å²) in [5.41, 5.74) is 1.22. The predicted octanol–water partition coefficient (Wildman–Crippen LogP) is 5.78. The van der Waals surface area contributed by atoms with Gasteiger partial charge in [0.25, 0.3) is 0 Å². The maximum atomic E-state index is 9.16. The molecule has 1 N–H and O–H groups in total. The van der Waals surface area contributed by atoms with Crippen LogP contribution in [0.4, 0.5) is 0 Å². The number of aliphatic hydroxyl groups is 1. The van der Waals surface area contributed by atoms with E-state index in [0.717, 1.165) is 12.2 Å². The zero-order valence-corrected chi connectivity index (χ0v) is 12.9. The van der Waals surface area contributed by atoms with E-state index in [1.54, 1.807) is 6.92 Å². The van der Waals surface area contributed by atoms with Gasteiger partial charge in [-0.25, -0.2) is 0 Å². The van der Waals surface area contributed by atoms with Crippen molar-refractivity contribution in [2.75, 3.05) is 0 Å². The Morgan fingerprint density at radius 3 is 2.40 bits per heavy atom. The van der Waals surface area contributed by atoms with Crippen LogP contribution in [0.2, 0.25) is 0 Å². The topological polar surface area (TPSA) is 29.5 Å². The first-order chi connectivity index (χ1) is 9.74. The molecule has 0 bridgehead atoms. The van der Waals surface area contributed by atoms with Crippen molar-refractivity contribution in [1.82, 2.24) is 0 Å². The molecular formula is C18H28O2. The van der Waals surface area contributed by atoms with Gasteiger partial charge < -0.3 is 9.84 Å². The number of aryl methyl sites for hydroxylation is 1. The second-order valence-corrected chi connectivity index (χ2v) is 5.36. The molecule has 0 aliphatic rings. The van der Waals surface area contributed by atoms with E-state index in [1.165, 1.54) is 56.8 Å². The largest absolute Gasteiger partial charge is 0.509 e. The summed E-state index contributed by atoms with van der Waals surface area (Å²) in [5.74, 6) is 1.04. The van der Waals surface area contributed by atoms with E-state index in [9.17, 15) is 0 Å². The van der Waals surface area contributed by atoms with Gasteiger partial charge >= 0.3 is 0 Å². The SMILES string of the molecule is CCCCCCCCCc1ccccc1OC=C(C)O. The van der Waals surface area contributed by atoms with Gasteiger partial charge in [0.1, 0.15) is 17.8 Å². The van der Waals surface area contributed by atoms with Gasteiger partial charge in [-0.1, -0.05) is 63.6 Å². The molecule has 2 heteroatoms. The Morgan fingerprint density at radius 2 is 1.70 bits per heavy atom. The second kappa shape index (κ2) is 10.4. The quantitative estimate of drug-likeness (QED) is 0.433. The number of benzene rings is 1. The molecule has 1 aromatic rings. The fraction of sp³-hybridized carbons (Fsp3) is 0.556. The van der Waals surface area contributed by atoms with Crippen molar-refractivity contribution in [3.8, 4) is 5.75 Å². The third-order valence-electron chi connectivity index (χ3n) is 3.38. The summed E-state index contributed by atoms with van der Waals surface area (Å²) in [6.07, 6.45) is 11.7. The van der Waals surface area contributed by atoms with E-state index in [2.05, 4.69) is 13.0 Å². The molecule has 0 aliphatic heterocycles. The summed E-state index contributed by atoms with van der Waals surface area (Å²) in [5, 5.41) is 9.16. The lowest BCUT2D eigenvalue weighted by molar-refractivity contribution is 0.368. The van der Waals surface area contributed by atoms with Gasteiger partial charge in [0.15, 0.2) is 0 Å². The van der Waals surface area contributed by atoms with E-state index in [-0.39, 0.29) is 5.76 Å². The minimum absolute atomic E-state index is 0.190. The zero-order valence-electron chi connectivity index (χ0n) is 12.9. The molecule has 0 atom stereocenters. The van der Waals surface area contributed by atoms with Crippen molar-refractivity contribution in [1.29, 1.82) is 0 Å². The van der Waals surface area contributed by atoms with Crippen molar-refractivity contribution in [3.05, 3.63) is 41.9 Å². The molecule has 0 radical (unpaired) electrons. The van der Waals surface area contributed by atoms with Crippen LogP contribution in [-0.2, 0) is 6.42 Å². The molecule has 0 saturated carbocycles. The number of hydrogen-bond donors (Lipinski definition) is 1. The Hall–Kier alpha value is -1.44. The summed E-state index contributed by atoms with van der Waals surface area (Å²) >= 11 is 0. The maximum Gasteiger partial charge on any atom is 0.129 e. The molecule has 0 aliphatic carbocycles. The Morgan fingerprint density at radius 1 is 1.05 bits per heavy atom. The van der Waals surface area contributed by atoms with Crippen LogP contribution in [0, 0.1) is 0 Å². The van der Waals surface area contributed by atoms with Gasteiger partial charge in [0.05, 0.1) is 0 Å². The highest BCUT2D eigenvalue weighted by Gasteiger charge is 2.02. The van der Waals surface area contributed by atoms with Crippen LogP contribution < -0.4 is 4.74 Å². The molecule has 0 aromatic heterocycles. The minimum Gasteiger partial charge on any atom is -0.509 e. The predicted molar refractivity (Wildman–Crippen MR) is 85.2 cm³/mol. The minimum atomic E-state index is 0.190. The average Bonchev–Trinajstić information content (AvgIpc) is 2.45. The number of rotatable bonds is 10. The van der Waals surface area contributed by atoms with Crippen LogP contribution in [-0.4, -0.2) is 5.11 Å². The number of allylic oxidation sites excluding steroid dienone is 1. The number of ether oxygens (including phenoxy) is 1. The normalized spacial score (nSPS) is 11.6. The first kappa shape index (κ1) is 16.6. The summed E-state index contributed by atoms with van der Waals surface area (Å²) in [7, 11) is 0. The van der Waals surface area contributed by atoms with Gasteiger partial charge in [-0.3, -0.25) is 0 Å².